The number of anilines is 1. The van der Waals surface area contributed by atoms with Crippen LogP contribution in [0.1, 0.15) is 20.8 Å². The van der Waals surface area contributed by atoms with Crippen molar-refractivity contribution in [3.8, 4) is 0 Å². The van der Waals surface area contributed by atoms with Crippen LogP contribution in [-0.2, 0) is 0 Å². The van der Waals surface area contributed by atoms with Crippen molar-refractivity contribution in [1.82, 2.24) is 15.2 Å². The maximum atomic E-state index is 12.4. The molecule has 0 aliphatic rings. The summed E-state index contributed by atoms with van der Waals surface area (Å²) in [5.74, 6) is -1.48. The minimum atomic E-state index is -0.781. The largest absolute Gasteiger partial charge is 0.364 e. The number of pyridine rings is 1. The van der Waals surface area contributed by atoms with Crippen molar-refractivity contribution in [2.45, 2.75) is 0 Å². The predicted octanol–water partition coefficient (Wildman–Crippen LogP) is 1.26. The molecule has 0 fully saturated rings. The summed E-state index contributed by atoms with van der Waals surface area (Å²) in [7, 11) is 0. The number of halogens is 1. The summed E-state index contributed by atoms with van der Waals surface area (Å²) in [4.78, 5) is 38.7. The van der Waals surface area contributed by atoms with E-state index in [0.717, 1.165) is 0 Å². The van der Waals surface area contributed by atoms with Crippen LogP contribution in [0.2, 0.25) is 5.02 Å². The summed E-state index contributed by atoms with van der Waals surface area (Å²) in [5, 5.41) is 9.09. The lowest BCUT2D eigenvalue weighted by molar-refractivity contribution is 0.0996. The molecule has 1 aromatic carbocycles. The Morgan fingerprint density at radius 2 is 2.09 bits per heavy atom. The summed E-state index contributed by atoms with van der Waals surface area (Å²) in [6, 6.07) is 4.74. The standard InChI is InChI=1S/C14H10ClN5O3/c15-6-1-2-9-7(3-6)12(21)8(4-17-9)14(23)19-10-5-18-20-11(10)13(16)22/h1-5H,(H2,16,22)(H,17,21)(H,18,20)(H,19,23). The number of aromatic amines is 2. The molecular weight excluding hydrogens is 322 g/mol. The number of aromatic nitrogens is 3. The Hall–Kier alpha value is -3.13. The van der Waals surface area contributed by atoms with Gasteiger partial charge in [0.25, 0.3) is 11.8 Å². The smallest absolute Gasteiger partial charge is 0.268 e. The average Bonchev–Trinajstić information content (AvgIpc) is 2.96. The fraction of sp³-hybridized carbons (Fsp3) is 0. The van der Waals surface area contributed by atoms with Gasteiger partial charge >= 0.3 is 0 Å². The number of primary amides is 1. The number of hydrogen-bond acceptors (Lipinski definition) is 4. The van der Waals surface area contributed by atoms with Crippen LogP contribution < -0.4 is 16.5 Å². The monoisotopic (exact) mass is 331 g/mol. The summed E-state index contributed by atoms with van der Waals surface area (Å²) in [6.45, 7) is 0. The van der Waals surface area contributed by atoms with E-state index < -0.39 is 17.2 Å². The van der Waals surface area contributed by atoms with Crippen LogP contribution in [0.5, 0.6) is 0 Å². The quantitative estimate of drug-likeness (QED) is 0.574. The van der Waals surface area contributed by atoms with Crippen LogP contribution in [-0.4, -0.2) is 27.0 Å². The summed E-state index contributed by atoms with van der Waals surface area (Å²) < 4.78 is 0. The molecule has 0 saturated carbocycles. The lowest BCUT2D eigenvalue weighted by Gasteiger charge is -2.05. The molecule has 0 saturated heterocycles. The number of nitrogens with two attached hydrogens (primary N) is 1. The number of rotatable bonds is 3. The van der Waals surface area contributed by atoms with Crippen LogP contribution in [0.4, 0.5) is 5.69 Å². The van der Waals surface area contributed by atoms with Crippen molar-refractivity contribution in [2.24, 2.45) is 5.73 Å². The predicted molar refractivity (Wildman–Crippen MR) is 84.6 cm³/mol. The number of H-pyrrole nitrogens is 2. The van der Waals surface area contributed by atoms with Crippen LogP contribution in [0.25, 0.3) is 10.9 Å². The average molecular weight is 332 g/mol. The van der Waals surface area contributed by atoms with E-state index >= 15 is 0 Å². The molecule has 0 spiro atoms. The van der Waals surface area contributed by atoms with E-state index in [-0.39, 0.29) is 22.3 Å². The number of carbonyl (C=O) groups excluding carboxylic acids is 2. The number of fused-ring (bicyclic) bond motifs is 1. The van der Waals surface area contributed by atoms with Crippen molar-refractivity contribution >= 4 is 40.0 Å². The van der Waals surface area contributed by atoms with Gasteiger partial charge in [0.1, 0.15) is 11.3 Å². The van der Waals surface area contributed by atoms with Gasteiger partial charge in [-0.15, -0.1) is 0 Å². The third kappa shape index (κ3) is 2.67. The fourth-order valence-corrected chi connectivity index (χ4v) is 2.29. The van der Waals surface area contributed by atoms with Crippen molar-refractivity contribution < 1.29 is 9.59 Å². The molecular formula is C14H10ClN5O3. The van der Waals surface area contributed by atoms with Gasteiger partial charge in [-0.3, -0.25) is 19.5 Å². The van der Waals surface area contributed by atoms with Gasteiger partial charge in [-0.05, 0) is 18.2 Å². The number of nitrogens with one attached hydrogen (secondary N) is 3. The zero-order valence-electron chi connectivity index (χ0n) is 11.5. The molecule has 0 aliphatic carbocycles. The number of carbonyl (C=O) groups is 2. The second-order valence-corrected chi connectivity index (χ2v) is 5.13. The van der Waals surface area contributed by atoms with Crippen molar-refractivity contribution in [3.63, 3.8) is 0 Å². The van der Waals surface area contributed by atoms with Gasteiger partial charge in [-0.2, -0.15) is 5.10 Å². The van der Waals surface area contributed by atoms with Gasteiger partial charge in [-0.25, -0.2) is 0 Å². The molecule has 2 heterocycles. The molecule has 0 unspecified atom stereocenters. The van der Waals surface area contributed by atoms with Crippen molar-refractivity contribution in [2.75, 3.05) is 5.32 Å². The van der Waals surface area contributed by atoms with Gasteiger partial charge in [0.05, 0.1) is 11.9 Å². The summed E-state index contributed by atoms with van der Waals surface area (Å²) in [6.07, 6.45) is 2.52. The molecule has 9 heteroatoms. The summed E-state index contributed by atoms with van der Waals surface area (Å²) in [5.41, 5.74) is 5.13. The van der Waals surface area contributed by atoms with Crippen LogP contribution in [0.3, 0.4) is 0 Å². The van der Waals surface area contributed by atoms with E-state index in [1.54, 1.807) is 12.1 Å². The molecule has 3 rings (SSSR count). The molecule has 8 nitrogen and oxygen atoms in total. The Labute approximate surface area is 133 Å². The highest BCUT2D eigenvalue weighted by Crippen LogP contribution is 2.16. The third-order valence-corrected chi connectivity index (χ3v) is 3.46. The van der Waals surface area contributed by atoms with Gasteiger partial charge in [0.15, 0.2) is 0 Å². The Morgan fingerprint density at radius 3 is 2.83 bits per heavy atom. The molecule has 0 radical (unpaired) electrons. The minimum Gasteiger partial charge on any atom is -0.364 e. The van der Waals surface area contributed by atoms with Crippen LogP contribution in [0, 0.1) is 0 Å². The van der Waals surface area contributed by atoms with E-state index in [4.69, 9.17) is 17.3 Å². The minimum absolute atomic E-state index is 0.0568. The number of nitrogens with zero attached hydrogens (tertiary/aromatic N) is 1. The first-order chi connectivity index (χ1) is 11.0. The number of hydrogen-bond donors (Lipinski definition) is 4. The fourth-order valence-electron chi connectivity index (χ4n) is 2.12. The van der Waals surface area contributed by atoms with Crippen molar-refractivity contribution in [1.29, 1.82) is 0 Å². The molecule has 0 atom stereocenters. The van der Waals surface area contributed by atoms with Crippen LogP contribution in [0.15, 0.2) is 35.4 Å². The Bertz CT molecular complexity index is 991. The highest BCUT2D eigenvalue weighted by Gasteiger charge is 2.17. The highest BCUT2D eigenvalue weighted by molar-refractivity contribution is 6.31. The van der Waals surface area contributed by atoms with E-state index in [0.29, 0.717) is 10.5 Å². The van der Waals surface area contributed by atoms with E-state index in [2.05, 4.69) is 20.5 Å². The molecule has 116 valence electrons. The number of amides is 2. The lowest BCUT2D eigenvalue weighted by atomic mass is 10.1. The van der Waals surface area contributed by atoms with Gasteiger partial charge in [0.2, 0.25) is 5.43 Å². The first kappa shape index (κ1) is 14.8. The van der Waals surface area contributed by atoms with Gasteiger partial charge < -0.3 is 16.0 Å². The highest BCUT2D eigenvalue weighted by atomic mass is 35.5. The maximum Gasteiger partial charge on any atom is 0.268 e. The zero-order valence-corrected chi connectivity index (χ0v) is 12.3. The Kier molecular flexibility index (Phi) is 3.59. The number of benzene rings is 1. The van der Waals surface area contributed by atoms with Crippen LogP contribution >= 0.6 is 11.6 Å². The van der Waals surface area contributed by atoms with Crippen molar-refractivity contribution in [3.05, 3.63) is 57.1 Å². The van der Waals surface area contributed by atoms with Gasteiger partial charge in [0, 0.05) is 22.1 Å². The molecule has 5 N–H and O–H groups in total. The first-order valence-electron chi connectivity index (χ1n) is 6.43. The second kappa shape index (κ2) is 5.58. The normalized spacial score (nSPS) is 10.7. The SMILES string of the molecule is NC(=O)c1[nH]ncc1NC(=O)c1c[nH]c2ccc(Cl)cc2c1=O. The molecule has 3 aromatic rings. The van der Waals surface area contributed by atoms with E-state index in [9.17, 15) is 14.4 Å². The topological polar surface area (TPSA) is 134 Å². The maximum absolute atomic E-state index is 12.4. The third-order valence-electron chi connectivity index (χ3n) is 3.22. The molecule has 23 heavy (non-hydrogen) atoms. The summed E-state index contributed by atoms with van der Waals surface area (Å²) >= 11 is 5.88. The lowest BCUT2D eigenvalue weighted by Crippen LogP contribution is -2.23. The second-order valence-electron chi connectivity index (χ2n) is 4.70. The molecule has 2 aromatic heterocycles. The first-order valence-corrected chi connectivity index (χ1v) is 6.80. The van der Waals surface area contributed by atoms with Gasteiger partial charge in [-0.1, -0.05) is 11.6 Å². The molecule has 2 amide bonds. The zero-order chi connectivity index (χ0) is 16.6. The Morgan fingerprint density at radius 1 is 1.30 bits per heavy atom. The molecule has 0 aliphatic heterocycles. The Balaban J connectivity index is 2.01. The van der Waals surface area contributed by atoms with E-state index in [1.165, 1.54) is 18.5 Å². The van der Waals surface area contributed by atoms with E-state index in [1.807, 2.05) is 0 Å². The molecule has 0 bridgehead atoms.